The fraction of sp³-hybridized carbons (Fsp3) is 0.679. The number of fused-ring (bicyclic) bond motifs is 1. The lowest BCUT2D eigenvalue weighted by molar-refractivity contribution is -0.136. The molecule has 37 heavy (non-hydrogen) atoms. The highest BCUT2D eigenvalue weighted by molar-refractivity contribution is 6.05. The second kappa shape index (κ2) is 12.5. The predicted molar refractivity (Wildman–Crippen MR) is 136 cm³/mol. The number of nitrogens with one attached hydrogen (secondary N) is 2. The van der Waals surface area contributed by atoms with Crippen molar-refractivity contribution in [1.82, 2.24) is 15.5 Å². The van der Waals surface area contributed by atoms with E-state index in [1.54, 1.807) is 19.1 Å². The molecule has 3 heterocycles. The van der Waals surface area contributed by atoms with Crippen molar-refractivity contribution in [3.05, 3.63) is 34.6 Å². The third-order valence-electron chi connectivity index (χ3n) is 7.61. The Hall–Kier alpha value is -2.36. The van der Waals surface area contributed by atoms with Crippen LogP contribution >= 0.6 is 0 Å². The normalized spacial score (nSPS) is 28.0. The van der Waals surface area contributed by atoms with Crippen LogP contribution in [0.15, 0.2) is 12.1 Å². The van der Waals surface area contributed by atoms with Crippen molar-refractivity contribution in [1.29, 1.82) is 0 Å². The molecule has 8 nitrogen and oxygen atoms in total. The van der Waals surface area contributed by atoms with Gasteiger partial charge in [-0.15, -0.1) is 0 Å². The molecule has 2 atom stereocenters. The number of amides is 3. The summed E-state index contributed by atoms with van der Waals surface area (Å²) in [5.74, 6) is -1.57. The largest absolute Gasteiger partial charge is 0.380 e. The number of nitrogens with zero attached hydrogens (tertiary/aromatic N) is 1. The van der Waals surface area contributed by atoms with Gasteiger partial charge in [-0.05, 0) is 77.3 Å². The van der Waals surface area contributed by atoms with Crippen molar-refractivity contribution in [2.75, 3.05) is 13.2 Å². The molecule has 3 aliphatic heterocycles. The Morgan fingerprint density at radius 3 is 2.49 bits per heavy atom. The maximum absolute atomic E-state index is 14.0. The minimum atomic E-state index is -0.702. The number of hydrogen-bond acceptors (Lipinski definition) is 6. The van der Waals surface area contributed by atoms with Crippen LogP contribution in [0.1, 0.15) is 86.7 Å². The third kappa shape index (κ3) is 6.94. The number of aryl methyl sites for hydroxylation is 1. The second-order valence-electron chi connectivity index (χ2n) is 10.9. The molecule has 204 valence electrons. The number of ether oxygens (including phenoxy) is 2. The fourth-order valence-corrected chi connectivity index (χ4v) is 5.68. The zero-order chi connectivity index (χ0) is 26.5. The van der Waals surface area contributed by atoms with Crippen molar-refractivity contribution in [2.24, 2.45) is 0 Å². The number of hydrogen-bond donors (Lipinski definition) is 2. The summed E-state index contributed by atoms with van der Waals surface area (Å²) in [7, 11) is 0. The molecule has 1 aromatic rings. The van der Waals surface area contributed by atoms with Crippen LogP contribution in [0, 0.1) is 12.7 Å². The van der Waals surface area contributed by atoms with Crippen LogP contribution in [0.2, 0.25) is 0 Å². The van der Waals surface area contributed by atoms with Gasteiger partial charge in [0.05, 0.1) is 25.4 Å². The highest BCUT2D eigenvalue weighted by atomic mass is 19.1. The smallest absolute Gasteiger partial charge is 0.255 e. The number of halogens is 1. The van der Waals surface area contributed by atoms with E-state index in [0.717, 1.165) is 13.2 Å². The lowest BCUT2D eigenvalue weighted by Gasteiger charge is -2.34. The number of imide groups is 1. The first-order valence-corrected chi connectivity index (χ1v) is 13.6. The van der Waals surface area contributed by atoms with Gasteiger partial charge in [0.25, 0.3) is 5.91 Å². The first kappa shape index (κ1) is 27.7. The molecule has 1 aliphatic carbocycles. The predicted octanol–water partition coefficient (Wildman–Crippen LogP) is 3.39. The van der Waals surface area contributed by atoms with E-state index in [-0.39, 0.29) is 31.2 Å². The summed E-state index contributed by atoms with van der Waals surface area (Å²) >= 11 is 0. The van der Waals surface area contributed by atoms with Crippen molar-refractivity contribution >= 4 is 17.7 Å². The van der Waals surface area contributed by atoms with E-state index in [9.17, 15) is 18.8 Å². The lowest BCUT2D eigenvalue weighted by Crippen LogP contribution is -2.52. The standard InChI is InChI=1S/C14H13FN2O3.C14H27NO2/c1-7-2-3-8-9(12(7)15)6-17(14(8)20)10-4-5-11(18)16-13(10)19;1-11(2)17-14-7-5-12(6-8-14)15-13-4-3-9-16-10-13/h2-3,10H,4-6H2,1H3,(H,16,18,19);11-15H,3-10H2,1-2H3. The molecule has 2 unspecified atom stereocenters. The van der Waals surface area contributed by atoms with E-state index in [2.05, 4.69) is 24.5 Å². The Morgan fingerprint density at radius 2 is 1.84 bits per heavy atom. The number of piperidine rings is 1. The summed E-state index contributed by atoms with van der Waals surface area (Å²) in [6.07, 6.45) is 8.77. The number of carbonyl (C=O) groups is 3. The molecule has 4 aliphatic rings. The van der Waals surface area contributed by atoms with Gasteiger partial charge in [0.1, 0.15) is 11.9 Å². The van der Waals surface area contributed by atoms with Gasteiger partial charge in [-0.1, -0.05) is 6.07 Å². The fourth-order valence-electron chi connectivity index (χ4n) is 5.68. The molecule has 2 saturated heterocycles. The van der Waals surface area contributed by atoms with Gasteiger partial charge >= 0.3 is 0 Å². The topological polar surface area (TPSA) is 97.0 Å². The van der Waals surface area contributed by atoms with E-state index in [1.807, 2.05) is 0 Å². The van der Waals surface area contributed by atoms with Crippen molar-refractivity contribution in [3.63, 3.8) is 0 Å². The molecule has 0 spiro atoms. The maximum atomic E-state index is 14.0. The van der Waals surface area contributed by atoms with E-state index in [0.29, 0.717) is 41.0 Å². The Labute approximate surface area is 218 Å². The Bertz CT molecular complexity index is 986. The van der Waals surface area contributed by atoms with Crippen LogP contribution in [-0.2, 0) is 25.6 Å². The van der Waals surface area contributed by atoms with Crippen molar-refractivity contribution in [3.8, 4) is 0 Å². The first-order valence-electron chi connectivity index (χ1n) is 13.6. The Balaban J connectivity index is 0.000000176. The summed E-state index contributed by atoms with van der Waals surface area (Å²) in [5, 5.41) is 5.97. The first-order chi connectivity index (χ1) is 17.7. The van der Waals surface area contributed by atoms with Gasteiger partial charge in [0.2, 0.25) is 11.8 Å². The molecule has 5 rings (SSSR count). The van der Waals surface area contributed by atoms with Gasteiger partial charge < -0.3 is 19.7 Å². The van der Waals surface area contributed by atoms with Crippen LogP contribution in [-0.4, -0.2) is 66.2 Å². The summed E-state index contributed by atoms with van der Waals surface area (Å²) in [6.45, 7) is 7.83. The lowest BCUT2D eigenvalue weighted by atomic mass is 9.92. The van der Waals surface area contributed by atoms with E-state index >= 15 is 0 Å². The Morgan fingerprint density at radius 1 is 1.08 bits per heavy atom. The molecule has 1 aromatic carbocycles. The molecule has 0 radical (unpaired) electrons. The van der Waals surface area contributed by atoms with Crippen LogP contribution in [0.3, 0.4) is 0 Å². The van der Waals surface area contributed by atoms with Crippen LogP contribution in [0.5, 0.6) is 0 Å². The molecule has 2 N–H and O–H groups in total. The monoisotopic (exact) mass is 517 g/mol. The second-order valence-corrected chi connectivity index (χ2v) is 10.9. The van der Waals surface area contributed by atoms with Crippen LogP contribution in [0.4, 0.5) is 4.39 Å². The van der Waals surface area contributed by atoms with Gasteiger partial charge in [0.15, 0.2) is 0 Å². The number of benzene rings is 1. The molecular formula is C28H40FN3O5. The highest BCUT2D eigenvalue weighted by Gasteiger charge is 2.40. The molecule has 3 amide bonds. The van der Waals surface area contributed by atoms with Gasteiger partial charge in [-0.3, -0.25) is 19.7 Å². The van der Waals surface area contributed by atoms with E-state index in [1.165, 1.54) is 43.4 Å². The van der Waals surface area contributed by atoms with Crippen molar-refractivity contribution < 1.29 is 28.2 Å². The molecule has 3 fully saturated rings. The summed E-state index contributed by atoms with van der Waals surface area (Å²) < 4.78 is 25.4. The summed E-state index contributed by atoms with van der Waals surface area (Å²) in [6, 6.07) is 3.72. The maximum Gasteiger partial charge on any atom is 0.255 e. The molecule has 9 heteroatoms. The van der Waals surface area contributed by atoms with Crippen LogP contribution in [0.25, 0.3) is 0 Å². The molecule has 0 bridgehead atoms. The SMILES string of the molecule is CC(C)OC1CCC(NC2CCCOC2)CC1.Cc1ccc2c(c1F)CN(C1CCC(=O)NC1=O)C2=O. The third-order valence-corrected chi connectivity index (χ3v) is 7.61. The Kier molecular flexibility index (Phi) is 9.31. The van der Waals surface area contributed by atoms with E-state index in [4.69, 9.17) is 9.47 Å². The zero-order valence-corrected chi connectivity index (χ0v) is 22.2. The minimum Gasteiger partial charge on any atom is -0.380 e. The molecule has 0 aromatic heterocycles. The van der Waals surface area contributed by atoms with Crippen molar-refractivity contribution in [2.45, 2.75) is 109 Å². The highest BCUT2D eigenvalue weighted by Crippen LogP contribution is 2.30. The van der Waals surface area contributed by atoms with Crippen LogP contribution < -0.4 is 10.6 Å². The average Bonchev–Trinajstić information content (AvgIpc) is 3.20. The molecule has 1 saturated carbocycles. The van der Waals surface area contributed by atoms with E-state index < -0.39 is 17.8 Å². The molecular weight excluding hydrogens is 477 g/mol. The zero-order valence-electron chi connectivity index (χ0n) is 22.2. The quantitative estimate of drug-likeness (QED) is 0.582. The number of rotatable bonds is 5. The summed E-state index contributed by atoms with van der Waals surface area (Å²) in [5.41, 5.74) is 1.11. The van der Waals surface area contributed by atoms with Gasteiger partial charge in [-0.2, -0.15) is 0 Å². The minimum absolute atomic E-state index is 0.0773. The van der Waals surface area contributed by atoms with Gasteiger partial charge in [0, 0.05) is 36.2 Å². The van der Waals surface area contributed by atoms with Gasteiger partial charge in [-0.25, -0.2) is 4.39 Å². The summed E-state index contributed by atoms with van der Waals surface area (Å²) in [4.78, 5) is 36.6. The number of carbonyl (C=O) groups excluding carboxylic acids is 3. The average molecular weight is 518 g/mol.